The minimum atomic E-state index is 0.896. The summed E-state index contributed by atoms with van der Waals surface area (Å²) in [5.74, 6) is 1.12. The Morgan fingerprint density at radius 2 is 2.31 bits per heavy atom. The Morgan fingerprint density at radius 3 is 2.77 bits per heavy atom. The predicted octanol–water partition coefficient (Wildman–Crippen LogP) is 1.01. The van der Waals surface area contributed by atoms with Crippen molar-refractivity contribution in [1.29, 1.82) is 0 Å². The smallest absolute Gasteiger partial charge is 0.128 e. The van der Waals surface area contributed by atoms with Gasteiger partial charge in [0.05, 0.1) is 0 Å². The Hall–Kier alpha value is -1.09. The molecule has 0 spiro atoms. The number of hydrogen-bond donors (Lipinski definition) is 1. The molecule has 1 aromatic rings. The maximum Gasteiger partial charge on any atom is 0.128 e. The van der Waals surface area contributed by atoms with Gasteiger partial charge >= 0.3 is 0 Å². The van der Waals surface area contributed by atoms with Crippen LogP contribution >= 0.6 is 0 Å². The van der Waals surface area contributed by atoms with Gasteiger partial charge in [0.25, 0.3) is 0 Å². The lowest BCUT2D eigenvalue weighted by Gasteiger charge is -2.31. The molecule has 0 amide bonds. The Kier molecular flexibility index (Phi) is 2.45. The quantitative estimate of drug-likeness (QED) is 0.747. The highest BCUT2D eigenvalue weighted by molar-refractivity contribution is 5.41. The van der Waals surface area contributed by atoms with E-state index >= 15 is 0 Å². The van der Waals surface area contributed by atoms with E-state index < -0.39 is 0 Å². The van der Waals surface area contributed by atoms with Crippen LogP contribution in [0.2, 0.25) is 0 Å². The average Bonchev–Trinajstić information content (AvgIpc) is 2.06. The molecule has 1 fully saturated rings. The van der Waals surface area contributed by atoms with Crippen LogP contribution in [0.3, 0.4) is 0 Å². The van der Waals surface area contributed by atoms with E-state index in [1.54, 1.807) is 0 Å². The van der Waals surface area contributed by atoms with E-state index in [9.17, 15) is 0 Å². The fourth-order valence-electron chi connectivity index (χ4n) is 1.46. The highest BCUT2D eigenvalue weighted by atomic mass is 15.2. The van der Waals surface area contributed by atoms with E-state index in [4.69, 9.17) is 0 Å². The summed E-state index contributed by atoms with van der Waals surface area (Å²) in [4.78, 5) is 6.70. The third kappa shape index (κ3) is 1.80. The molecule has 13 heavy (non-hydrogen) atoms. The van der Waals surface area contributed by atoms with Crippen molar-refractivity contribution < 1.29 is 0 Å². The van der Waals surface area contributed by atoms with Gasteiger partial charge in [-0.1, -0.05) is 6.07 Å². The van der Waals surface area contributed by atoms with Crippen LogP contribution in [0.4, 0.5) is 5.82 Å². The zero-order valence-corrected chi connectivity index (χ0v) is 7.95. The zero-order chi connectivity index (χ0) is 9.10. The first-order chi connectivity index (χ1) is 6.40. The molecule has 1 aliphatic rings. The summed E-state index contributed by atoms with van der Waals surface area (Å²) in [6, 6.07) is 4.24. The standard InChI is InChI=1S/C10H15N3/c1-11-7-9-3-4-10(12-8-9)13-5-2-6-13/h3-4,8,11H,2,5-7H2,1H3. The number of hydrogen-bond acceptors (Lipinski definition) is 3. The lowest BCUT2D eigenvalue weighted by molar-refractivity contribution is 0.609. The highest BCUT2D eigenvalue weighted by Gasteiger charge is 2.14. The number of rotatable bonds is 3. The molecule has 2 rings (SSSR count). The van der Waals surface area contributed by atoms with E-state index in [-0.39, 0.29) is 0 Å². The monoisotopic (exact) mass is 177 g/mol. The van der Waals surface area contributed by atoms with Gasteiger partial charge in [0, 0.05) is 25.8 Å². The Bertz CT molecular complexity index is 264. The third-order valence-corrected chi connectivity index (χ3v) is 2.37. The summed E-state index contributed by atoms with van der Waals surface area (Å²) in [5.41, 5.74) is 1.24. The Morgan fingerprint density at radius 1 is 1.46 bits per heavy atom. The van der Waals surface area contributed by atoms with Crippen molar-refractivity contribution in [2.75, 3.05) is 25.0 Å². The van der Waals surface area contributed by atoms with Crippen molar-refractivity contribution in [3.63, 3.8) is 0 Å². The van der Waals surface area contributed by atoms with Crippen molar-refractivity contribution in [2.24, 2.45) is 0 Å². The maximum absolute atomic E-state index is 4.41. The van der Waals surface area contributed by atoms with Gasteiger partial charge < -0.3 is 10.2 Å². The minimum absolute atomic E-state index is 0.896. The third-order valence-electron chi connectivity index (χ3n) is 2.37. The first-order valence-corrected chi connectivity index (χ1v) is 4.74. The lowest BCUT2D eigenvalue weighted by Crippen LogP contribution is -2.37. The van der Waals surface area contributed by atoms with E-state index in [0.717, 1.165) is 12.4 Å². The van der Waals surface area contributed by atoms with Gasteiger partial charge in [0.15, 0.2) is 0 Å². The molecular weight excluding hydrogens is 162 g/mol. The summed E-state index contributed by atoms with van der Waals surface area (Å²) >= 11 is 0. The number of nitrogens with one attached hydrogen (secondary N) is 1. The summed E-state index contributed by atoms with van der Waals surface area (Å²) in [6.07, 6.45) is 3.25. The van der Waals surface area contributed by atoms with Crippen molar-refractivity contribution >= 4 is 5.82 Å². The first kappa shape index (κ1) is 8.51. The number of anilines is 1. The molecule has 1 saturated heterocycles. The molecule has 3 heteroatoms. The molecule has 70 valence electrons. The largest absolute Gasteiger partial charge is 0.356 e. The van der Waals surface area contributed by atoms with E-state index in [2.05, 4.69) is 27.3 Å². The lowest BCUT2D eigenvalue weighted by atomic mass is 10.2. The summed E-state index contributed by atoms with van der Waals surface area (Å²) in [7, 11) is 1.95. The molecule has 0 aromatic carbocycles. The molecule has 1 aliphatic heterocycles. The predicted molar refractivity (Wildman–Crippen MR) is 53.8 cm³/mol. The Labute approximate surface area is 78.8 Å². The van der Waals surface area contributed by atoms with Crippen molar-refractivity contribution in [2.45, 2.75) is 13.0 Å². The second kappa shape index (κ2) is 3.75. The van der Waals surface area contributed by atoms with Crippen LogP contribution in [0.1, 0.15) is 12.0 Å². The molecule has 2 heterocycles. The molecule has 0 aliphatic carbocycles. The van der Waals surface area contributed by atoms with Gasteiger partial charge in [-0.15, -0.1) is 0 Å². The molecule has 1 aromatic heterocycles. The average molecular weight is 177 g/mol. The van der Waals surface area contributed by atoms with Crippen LogP contribution in [-0.4, -0.2) is 25.1 Å². The molecule has 1 N–H and O–H groups in total. The van der Waals surface area contributed by atoms with Crippen molar-refractivity contribution in [1.82, 2.24) is 10.3 Å². The topological polar surface area (TPSA) is 28.2 Å². The molecule has 0 atom stereocenters. The van der Waals surface area contributed by atoms with Gasteiger partial charge in [0.1, 0.15) is 5.82 Å². The van der Waals surface area contributed by atoms with Gasteiger partial charge in [-0.3, -0.25) is 0 Å². The zero-order valence-electron chi connectivity index (χ0n) is 7.95. The highest BCUT2D eigenvalue weighted by Crippen LogP contribution is 2.17. The summed E-state index contributed by atoms with van der Waals surface area (Å²) in [6.45, 7) is 3.23. The van der Waals surface area contributed by atoms with Crippen LogP contribution in [0.5, 0.6) is 0 Å². The van der Waals surface area contributed by atoms with E-state index in [1.807, 2.05) is 13.2 Å². The van der Waals surface area contributed by atoms with Crippen molar-refractivity contribution in [3.05, 3.63) is 23.9 Å². The van der Waals surface area contributed by atoms with Gasteiger partial charge in [-0.25, -0.2) is 4.98 Å². The normalized spacial score (nSPS) is 15.6. The summed E-state index contributed by atoms with van der Waals surface area (Å²) < 4.78 is 0. The van der Waals surface area contributed by atoms with Gasteiger partial charge in [-0.2, -0.15) is 0 Å². The first-order valence-electron chi connectivity index (χ1n) is 4.74. The number of pyridine rings is 1. The molecule has 0 saturated carbocycles. The molecule has 0 unspecified atom stereocenters. The SMILES string of the molecule is CNCc1ccc(N2CCC2)nc1. The summed E-state index contributed by atoms with van der Waals surface area (Å²) in [5, 5.41) is 3.11. The molecule has 3 nitrogen and oxygen atoms in total. The van der Waals surface area contributed by atoms with Crippen LogP contribution in [0, 0.1) is 0 Å². The van der Waals surface area contributed by atoms with Crippen molar-refractivity contribution in [3.8, 4) is 0 Å². The second-order valence-corrected chi connectivity index (χ2v) is 3.40. The van der Waals surface area contributed by atoms with Crippen LogP contribution in [0.15, 0.2) is 18.3 Å². The van der Waals surface area contributed by atoms with Crippen LogP contribution in [-0.2, 0) is 6.54 Å². The molecule has 0 bridgehead atoms. The maximum atomic E-state index is 4.41. The second-order valence-electron chi connectivity index (χ2n) is 3.40. The van der Waals surface area contributed by atoms with E-state index in [0.29, 0.717) is 0 Å². The number of nitrogens with zero attached hydrogens (tertiary/aromatic N) is 2. The minimum Gasteiger partial charge on any atom is -0.356 e. The molecular formula is C10H15N3. The van der Waals surface area contributed by atoms with E-state index in [1.165, 1.54) is 25.1 Å². The van der Waals surface area contributed by atoms with Crippen LogP contribution in [0.25, 0.3) is 0 Å². The van der Waals surface area contributed by atoms with Crippen LogP contribution < -0.4 is 10.2 Å². The number of aromatic nitrogens is 1. The fraction of sp³-hybridized carbons (Fsp3) is 0.500. The molecule has 0 radical (unpaired) electrons. The van der Waals surface area contributed by atoms with Gasteiger partial charge in [-0.05, 0) is 25.1 Å². The van der Waals surface area contributed by atoms with Gasteiger partial charge in [0.2, 0.25) is 0 Å². The Balaban J connectivity index is 2.04. The fourth-order valence-corrected chi connectivity index (χ4v) is 1.46.